The van der Waals surface area contributed by atoms with Crippen LogP contribution in [0.25, 0.3) is 22.0 Å². The first-order valence-corrected chi connectivity index (χ1v) is 5.65. The molecular weight excluding hydrogens is 230 g/mol. The maximum absolute atomic E-state index is 5.23. The van der Waals surface area contributed by atoms with Crippen LogP contribution in [0.5, 0.6) is 0 Å². The number of nitrogens with zero attached hydrogens (tertiary/aromatic N) is 2. The van der Waals surface area contributed by atoms with Crippen LogP contribution in [0.15, 0.2) is 48.8 Å². The van der Waals surface area contributed by atoms with Crippen molar-refractivity contribution < 1.29 is 0 Å². The van der Waals surface area contributed by atoms with E-state index in [4.69, 9.17) is 12.2 Å². The van der Waals surface area contributed by atoms with Gasteiger partial charge in [0.1, 0.15) is 4.64 Å². The molecule has 0 radical (unpaired) electrons. The Labute approximate surface area is 103 Å². The van der Waals surface area contributed by atoms with Crippen LogP contribution in [0.1, 0.15) is 0 Å². The smallest absolute Gasteiger partial charge is 0.127 e. The lowest BCUT2D eigenvalue weighted by molar-refractivity contribution is 1.04. The van der Waals surface area contributed by atoms with Crippen LogP contribution in [0, 0.1) is 4.64 Å². The maximum Gasteiger partial charge on any atom is 0.127 e. The first kappa shape index (κ1) is 10.1. The number of hydrogen-bond donors (Lipinski definition) is 1. The van der Waals surface area contributed by atoms with Crippen molar-refractivity contribution in [2.24, 2.45) is 0 Å². The van der Waals surface area contributed by atoms with Crippen LogP contribution in [0.4, 0.5) is 0 Å². The summed E-state index contributed by atoms with van der Waals surface area (Å²) in [5, 5.41) is 9.28. The molecule has 0 unspecified atom stereocenters. The lowest BCUT2D eigenvalue weighted by Gasteiger charge is -2.04. The predicted octanol–water partition coefficient (Wildman–Crippen LogP) is 3.35. The summed E-state index contributed by atoms with van der Waals surface area (Å²) in [5.74, 6) is 0. The van der Waals surface area contributed by atoms with E-state index in [1.165, 1.54) is 0 Å². The van der Waals surface area contributed by atoms with E-state index < -0.39 is 0 Å². The van der Waals surface area contributed by atoms with Gasteiger partial charge in [-0.05, 0) is 12.1 Å². The van der Waals surface area contributed by atoms with E-state index in [1.54, 1.807) is 12.4 Å². The Morgan fingerprint density at radius 3 is 2.41 bits per heavy atom. The van der Waals surface area contributed by atoms with E-state index in [0.29, 0.717) is 4.64 Å². The van der Waals surface area contributed by atoms with Crippen molar-refractivity contribution in [1.82, 2.24) is 15.2 Å². The van der Waals surface area contributed by atoms with Gasteiger partial charge in [-0.3, -0.25) is 10.1 Å². The van der Waals surface area contributed by atoms with Gasteiger partial charge in [0.05, 0.1) is 5.69 Å². The monoisotopic (exact) mass is 239 g/mol. The van der Waals surface area contributed by atoms with Crippen molar-refractivity contribution in [3.8, 4) is 11.3 Å². The molecule has 4 heteroatoms. The number of rotatable bonds is 1. The number of nitrogens with one attached hydrogen (secondary N) is 1. The van der Waals surface area contributed by atoms with Crippen LogP contribution >= 0.6 is 12.2 Å². The summed E-state index contributed by atoms with van der Waals surface area (Å²) in [4.78, 5) is 4.01. The molecule has 0 aliphatic rings. The Balaban J connectivity index is 2.39. The lowest BCUT2D eigenvalue weighted by atomic mass is 10.1. The van der Waals surface area contributed by atoms with Gasteiger partial charge in [-0.15, -0.1) is 0 Å². The highest BCUT2D eigenvalue weighted by Crippen LogP contribution is 2.25. The first-order chi connectivity index (χ1) is 8.36. The summed E-state index contributed by atoms with van der Waals surface area (Å²) >= 11 is 5.23. The Bertz CT molecular complexity index is 719. The lowest BCUT2D eigenvalue weighted by Crippen LogP contribution is -1.91. The van der Waals surface area contributed by atoms with Crippen molar-refractivity contribution in [3.05, 3.63) is 53.4 Å². The second-order valence-corrected chi connectivity index (χ2v) is 4.09. The predicted molar refractivity (Wildman–Crippen MR) is 70.2 cm³/mol. The Hall–Kier alpha value is -2.07. The topological polar surface area (TPSA) is 41.6 Å². The summed E-state index contributed by atoms with van der Waals surface area (Å²) in [6.45, 7) is 0. The average molecular weight is 239 g/mol. The first-order valence-electron chi connectivity index (χ1n) is 5.24. The van der Waals surface area contributed by atoms with Gasteiger partial charge in [0.15, 0.2) is 0 Å². The molecule has 82 valence electrons. The van der Waals surface area contributed by atoms with Gasteiger partial charge in [-0.25, -0.2) is 0 Å². The molecule has 0 aliphatic heterocycles. The van der Waals surface area contributed by atoms with Crippen LogP contribution in [-0.4, -0.2) is 15.2 Å². The zero-order valence-corrected chi connectivity index (χ0v) is 9.74. The molecule has 0 amide bonds. The standard InChI is InChI=1S/C13H9N3S/c17-13-11-4-2-1-3-10(11)12(15-16-13)9-5-7-14-8-6-9/h1-8H,(H,16,17). The normalized spacial score (nSPS) is 10.6. The molecule has 3 aromatic rings. The van der Waals surface area contributed by atoms with Gasteiger partial charge < -0.3 is 0 Å². The van der Waals surface area contributed by atoms with Crippen molar-refractivity contribution in [1.29, 1.82) is 0 Å². The number of hydrogen-bond acceptors (Lipinski definition) is 3. The maximum atomic E-state index is 5.23. The summed E-state index contributed by atoms with van der Waals surface area (Å²) in [7, 11) is 0. The quantitative estimate of drug-likeness (QED) is 0.662. The second kappa shape index (κ2) is 4.07. The average Bonchev–Trinajstić information content (AvgIpc) is 2.41. The fourth-order valence-electron chi connectivity index (χ4n) is 1.84. The van der Waals surface area contributed by atoms with Crippen molar-refractivity contribution in [2.45, 2.75) is 0 Å². The SMILES string of the molecule is S=c1[nH]nc(-c2ccncc2)c2ccccc12. The van der Waals surface area contributed by atoms with Gasteiger partial charge >= 0.3 is 0 Å². The zero-order chi connectivity index (χ0) is 11.7. The summed E-state index contributed by atoms with van der Waals surface area (Å²) in [6.07, 6.45) is 3.51. The van der Waals surface area contributed by atoms with E-state index in [2.05, 4.69) is 15.2 Å². The molecule has 0 spiro atoms. The highest BCUT2D eigenvalue weighted by atomic mass is 32.1. The molecule has 0 atom stereocenters. The number of pyridine rings is 1. The molecular formula is C13H9N3S. The molecule has 0 bridgehead atoms. The van der Waals surface area contributed by atoms with Gasteiger partial charge in [-0.1, -0.05) is 36.5 Å². The second-order valence-electron chi connectivity index (χ2n) is 3.68. The minimum atomic E-state index is 0.665. The molecule has 1 N–H and O–H groups in total. The van der Waals surface area contributed by atoms with Crippen LogP contribution in [-0.2, 0) is 0 Å². The summed E-state index contributed by atoms with van der Waals surface area (Å²) in [6, 6.07) is 11.9. The Morgan fingerprint density at radius 2 is 1.65 bits per heavy atom. The fraction of sp³-hybridized carbons (Fsp3) is 0. The number of aromatic nitrogens is 3. The molecule has 0 fully saturated rings. The van der Waals surface area contributed by atoms with E-state index in [9.17, 15) is 0 Å². The summed E-state index contributed by atoms with van der Waals surface area (Å²) < 4.78 is 0.665. The molecule has 2 aromatic heterocycles. The minimum Gasteiger partial charge on any atom is -0.267 e. The fourth-order valence-corrected chi connectivity index (χ4v) is 2.07. The van der Waals surface area contributed by atoms with Crippen LogP contribution < -0.4 is 0 Å². The number of aromatic amines is 1. The molecule has 3 rings (SSSR count). The Morgan fingerprint density at radius 1 is 0.941 bits per heavy atom. The molecule has 0 aliphatic carbocycles. The van der Waals surface area contributed by atoms with E-state index in [0.717, 1.165) is 22.0 Å². The molecule has 0 saturated heterocycles. The molecule has 17 heavy (non-hydrogen) atoms. The molecule has 1 aromatic carbocycles. The van der Waals surface area contributed by atoms with Crippen LogP contribution in [0.2, 0.25) is 0 Å². The third-order valence-corrected chi connectivity index (χ3v) is 2.96. The highest BCUT2D eigenvalue weighted by molar-refractivity contribution is 7.71. The minimum absolute atomic E-state index is 0.665. The van der Waals surface area contributed by atoms with Gasteiger partial charge in [0, 0.05) is 28.7 Å². The zero-order valence-electron chi connectivity index (χ0n) is 8.92. The van der Waals surface area contributed by atoms with Crippen LogP contribution in [0.3, 0.4) is 0 Å². The van der Waals surface area contributed by atoms with Crippen molar-refractivity contribution in [2.75, 3.05) is 0 Å². The Kier molecular flexibility index (Phi) is 2.42. The molecule has 2 heterocycles. The van der Waals surface area contributed by atoms with Crippen molar-refractivity contribution >= 4 is 23.0 Å². The van der Waals surface area contributed by atoms with Gasteiger partial charge in [0.25, 0.3) is 0 Å². The molecule has 0 saturated carbocycles. The third kappa shape index (κ3) is 1.72. The van der Waals surface area contributed by atoms with E-state index >= 15 is 0 Å². The largest absolute Gasteiger partial charge is 0.267 e. The number of H-pyrrole nitrogens is 1. The highest BCUT2D eigenvalue weighted by Gasteiger charge is 2.05. The van der Waals surface area contributed by atoms with Gasteiger partial charge in [-0.2, -0.15) is 5.10 Å². The third-order valence-electron chi connectivity index (χ3n) is 2.65. The number of benzene rings is 1. The van der Waals surface area contributed by atoms with Crippen molar-refractivity contribution in [3.63, 3.8) is 0 Å². The van der Waals surface area contributed by atoms with E-state index in [-0.39, 0.29) is 0 Å². The number of fused-ring (bicyclic) bond motifs is 1. The molecule has 3 nitrogen and oxygen atoms in total. The van der Waals surface area contributed by atoms with E-state index in [1.807, 2.05) is 36.4 Å². The summed E-state index contributed by atoms with van der Waals surface area (Å²) in [5.41, 5.74) is 1.93. The van der Waals surface area contributed by atoms with Gasteiger partial charge in [0.2, 0.25) is 0 Å².